The summed E-state index contributed by atoms with van der Waals surface area (Å²) < 4.78 is 11.3. The summed E-state index contributed by atoms with van der Waals surface area (Å²) in [5.41, 5.74) is 6.99. The number of allylic oxidation sites excluding steroid dienone is 1. The number of amides is 1. The number of halogens is 1. The molecule has 0 aliphatic rings. The number of hydrogen-bond acceptors (Lipinski definition) is 4. The van der Waals surface area contributed by atoms with E-state index in [4.69, 9.17) is 15.2 Å². The van der Waals surface area contributed by atoms with Crippen LogP contribution in [-0.2, 0) is 4.79 Å². The number of methoxy groups -OCH3 is 1. The van der Waals surface area contributed by atoms with Gasteiger partial charge in [0.15, 0.2) is 6.61 Å². The lowest BCUT2D eigenvalue weighted by Crippen LogP contribution is -2.20. The molecule has 0 aliphatic heterocycles. The standard InChI is InChI=1S/C18H15BrN2O3/c1-23-16-5-2-12(3-6-16)14(10-20)8-13-9-15(19)4-7-17(13)24-11-18(21)22/h2-9H,11H2,1H3,(H2,21,22)/b14-8+. The molecule has 6 heteroatoms. The molecule has 0 saturated carbocycles. The molecule has 0 aromatic heterocycles. The fourth-order valence-electron chi connectivity index (χ4n) is 2.02. The van der Waals surface area contributed by atoms with Crippen molar-refractivity contribution in [2.45, 2.75) is 0 Å². The molecular weight excluding hydrogens is 372 g/mol. The van der Waals surface area contributed by atoms with Crippen molar-refractivity contribution in [1.29, 1.82) is 5.26 Å². The van der Waals surface area contributed by atoms with Crippen molar-refractivity contribution < 1.29 is 14.3 Å². The van der Waals surface area contributed by atoms with Gasteiger partial charge in [-0.15, -0.1) is 0 Å². The number of primary amides is 1. The molecule has 0 spiro atoms. The van der Waals surface area contributed by atoms with E-state index in [9.17, 15) is 10.1 Å². The molecule has 0 fully saturated rings. The quantitative estimate of drug-likeness (QED) is 0.608. The molecule has 0 bridgehead atoms. The Morgan fingerprint density at radius 3 is 2.58 bits per heavy atom. The fraction of sp³-hybridized carbons (Fsp3) is 0.111. The molecule has 0 radical (unpaired) electrons. The molecule has 24 heavy (non-hydrogen) atoms. The fourth-order valence-corrected chi connectivity index (χ4v) is 2.40. The van der Waals surface area contributed by atoms with Crippen molar-refractivity contribution in [2.24, 2.45) is 5.73 Å². The van der Waals surface area contributed by atoms with Gasteiger partial charge >= 0.3 is 0 Å². The van der Waals surface area contributed by atoms with Crippen LogP contribution in [0.4, 0.5) is 0 Å². The van der Waals surface area contributed by atoms with Crippen LogP contribution in [0.5, 0.6) is 11.5 Å². The van der Waals surface area contributed by atoms with Gasteiger partial charge in [0, 0.05) is 10.0 Å². The summed E-state index contributed by atoms with van der Waals surface area (Å²) in [5, 5.41) is 9.47. The van der Waals surface area contributed by atoms with Gasteiger partial charge in [0.25, 0.3) is 5.91 Å². The third kappa shape index (κ3) is 4.61. The number of hydrogen-bond donors (Lipinski definition) is 1. The average molecular weight is 387 g/mol. The maximum absolute atomic E-state index is 10.9. The second-order valence-electron chi connectivity index (χ2n) is 4.84. The van der Waals surface area contributed by atoms with E-state index in [1.807, 2.05) is 0 Å². The first-order valence-corrected chi connectivity index (χ1v) is 7.79. The van der Waals surface area contributed by atoms with Crippen molar-refractivity contribution in [3.8, 4) is 17.6 Å². The Morgan fingerprint density at radius 1 is 1.29 bits per heavy atom. The Labute approximate surface area is 148 Å². The van der Waals surface area contributed by atoms with Gasteiger partial charge in [-0.1, -0.05) is 15.9 Å². The molecule has 1 amide bonds. The number of nitriles is 1. The van der Waals surface area contributed by atoms with Crippen molar-refractivity contribution in [3.63, 3.8) is 0 Å². The largest absolute Gasteiger partial charge is 0.497 e. The Hall–Kier alpha value is -2.78. The van der Waals surface area contributed by atoms with Crippen molar-refractivity contribution >= 4 is 33.5 Å². The van der Waals surface area contributed by atoms with Gasteiger partial charge in [-0.3, -0.25) is 4.79 Å². The van der Waals surface area contributed by atoms with E-state index in [0.717, 1.165) is 10.0 Å². The number of rotatable bonds is 6. The van der Waals surface area contributed by atoms with Crippen LogP contribution < -0.4 is 15.2 Å². The minimum Gasteiger partial charge on any atom is -0.497 e. The highest BCUT2D eigenvalue weighted by Gasteiger charge is 2.08. The van der Waals surface area contributed by atoms with E-state index < -0.39 is 5.91 Å². The molecular formula is C18H15BrN2O3. The molecule has 0 heterocycles. The molecule has 2 N–H and O–H groups in total. The van der Waals surface area contributed by atoms with Crippen molar-refractivity contribution in [1.82, 2.24) is 0 Å². The number of nitrogens with zero attached hydrogens (tertiary/aromatic N) is 1. The number of carbonyl (C=O) groups is 1. The smallest absolute Gasteiger partial charge is 0.255 e. The monoisotopic (exact) mass is 386 g/mol. The second-order valence-corrected chi connectivity index (χ2v) is 5.75. The van der Waals surface area contributed by atoms with E-state index in [0.29, 0.717) is 22.6 Å². The van der Waals surface area contributed by atoms with E-state index in [1.54, 1.807) is 55.7 Å². The lowest BCUT2D eigenvalue weighted by Gasteiger charge is -2.09. The van der Waals surface area contributed by atoms with Gasteiger partial charge in [-0.25, -0.2) is 0 Å². The van der Waals surface area contributed by atoms with Gasteiger partial charge in [0.1, 0.15) is 11.5 Å². The van der Waals surface area contributed by atoms with Crippen LogP contribution in [0, 0.1) is 11.3 Å². The number of carbonyl (C=O) groups excluding carboxylic acids is 1. The summed E-state index contributed by atoms with van der Waals surface area (Å²) >= 11 is 3.39. The predicted octanol–water partition coefficient (Wildman–Crippen LogP) is 3.39. The highest BCUT2D eigenvalue weighted by atomic mass is 79.9. The highest BCUT2D eigenvalue weighted by Crippen LogP contribution is 2.28. The Bertz CT molecular complexity index is 808. The third-order valence-corrected chi connectivity index (χ3v) is 3.66. The van der Waals surface area contributed by atoms with Gasteiger partial charge in [0.05, 0.1) is 18.8 Å². The maximum atomic E-state index is 10.9. The SMILES string of the molecule is COc1ccc(/C(C#N)=C/c2cc(Br)ccc2OCC(N)=O)cc1. The Morgan fingerprint density at radius 2 is 2.00 bits per heavy atom. The number of nitrogens with two attached hydrogens (primary N) is 1. The van der Waals surface area contributed by atoms with E-state index in [1.165, 1.54) is 0 Å². The molecule has 0 unspecified atom stereocenters. The molecule has 2 rings (SSSR count). The lowest BCUT2D eigenvalue weighted by atomic mass is 10.0. The summed E-state index contributed by atoms with van der Waals surface area (Å²) in [4.78, 5) is 10.9. The Kier molecular flexibility index (Phi) is 5.99. The maximum Gasteiger partial charge on any atom is 0.255 e. The molecule has 2 aromatic carbocycles. The van der Waals surface area contributed by atoms with Crippen LogP contribution >= 0.6 is 15.9 Å². The van der Waals surface area contributed by atoms with E-state index in [-0.39, 0.29) is 6.61 Å². The zero-order valence-corrected chi connectivity index (χ0v) is 14.5. The zero-order chi connectivity index (χ0) is 17.5. The predicted molar refractivity (Wildman–Crippen MR) is 95.3 cm³/mol. The van der Waals surface area contributed by atoms with Gasteiger partial charge < -0.3 is 15.2 Å². The Balaban J connectivity index is 2.40. The summed E-state index contributed by atoms with van der Waals surface area (Å²) in [7, 11) is 1.58. The minimum atomic E-state index is -0.566. The van der Waals surface area contributed by atoms with E-state index >= 15 is 0 Å². The van der Waals surface area contributed by atoms with Gasteiger partial charge in [0.2, 0.25) is 0 Å². The van der Waals surface area contributed by atoms with Crippen LogP contribution in [0.25, 0.3) is 11.6 Å². The summed E-state index contributed by atoms with van der Waals surface area (Å²) in [6, 6.07) is 14.6. The molecule has 0 saturated heterocycles. The van der Waals surface area contributed by atoms with Crippen LogP contribution in [0.1, 0.15) is 11.1 Å². The van der Waals surface area contributed by atoms with E-state index in [2.05, 4.69) is 22.0 Å². The molecule has 2 aromatic rings. The topological polar surface area (TPSA) is 85.3 Å². The van der Waals surface area contributed by atoms with Gasteiger partial charge in [-0.05, 0) is 54.1 Å². The molecule has 0 aliphatic carbocycles. The summed E-state index contributed by atoms with van der Waals surface area (Å²) in [6.45, 7) is -0.229. The van der Waals surface area contributed by atoms with Crippen LogP contribution in [0.2, 0.25) is 0 Å². The van der Waals surface area contributed by atoms with Crippen LogP contribution in [0.15, 0.2) is 46.9 Å². The van der Waals surface area contributed by atoms with Gasteiger partial charge in [-0.2, -0.15) is 5.26 Å². The van der Waals surface area contributed by atoms with Crippen LogP contribution in [0.3, 0.4) is 0 Å². The first-order chi connectivity index (χ1) is 11.5. The summed E-state index contributed by atoms with van der Waals surface area (Å²) in [5.74, 6) is 0.616. The average Bonchev–Trinajstić information content (AvgIpc) is 2.59. The normalized spacial score (nSPS) is 10.8. The summed E-state index contributed by atoms with van der Waals surface area (Å²) in [6.07, 6.45) is 1.70. The van der Waals surface area contributed by atoms with Crippen molar-refractivity contribution in [2.75, 3.05) is 13.7 Å². The number of benzene rings is 2. The third-order valence-electron chi connectivity index (χ3n) is 3.16. The lowest BCUT2D eigenvalue weighted by molar-refractivity contribution is -0.119. The molecule has 5 nitrogen and oxygen atoms in total. The first kappa shape index (κ1) is 17.6. The highest BCUT2D eigenvalue weighted by molar-refractivity contribution is 9.10. The van der Waals surface area contributed by atoms with Crippen LogP contribution in [-0.4, -0.2) is 19.6 Å². The first-order valence-electron chi connectivity index (χ1n) is 7.00. The number of ether oxygens (including phenoxy) is 2. The van der Waals surface area contributed by atoms with Crippen molar-refractivity contribution in [3.05, 3.63) is 58.1 Å². The molecule has 0 atom stereocenters. The zero-order valence-electron chi connectivity index (χ0n) is 13.0. The molecule has 122 valence electrons. The second kappa shape index (κ2) is 8.18. The minimum absolute atomic E-state index is 0.229.